The molecule has 1 rings (SSSR count). The number of benzene rings is 1. The summed E-state index contributed by atoms with van der Waals surface area (Å²) in [6.07, 6.45) is 1.18. The van der Waals surface area contributed by atoms with Gasteiger partial charge < -0.3 is 10.1 Å². The molecule has 0 unspecified atom stereocenters. The first kappa shape index (κ1) is 10.6. The van der Waals surface area contributed by atoms with E-state index >= 15 is 0 Å². The molecule has 3 nitrogen and oxygen atoms in total. The molecule has 1 amide bonds. The van der Waals surface area contributed by atoms with Crippen LogP contribution in [-0.4, -0.2) is 13.0 Å². The van der Waals surface area contributed by atoms with Gasteiger partial charge in [0.05, 0.1) is 7.11 Å². The van der Waals surface area contributed by atoms with Crippen molar-refractivity contribution in [3.63, 3.8) is 0 Å². The minimum Gasteiger partial charge on any atom is -0.503 e. The number of halogens is 1. The second-order valence-corrected chi connectivity index (χ2v) is 2.93. The lowest BCUT2D eigenvalue weighted by molar-refractivity contribution is -0.112. The van der Waals surface area contributed by atoms with E-state index in [9.17, 15) is 4.79 Å². The molecule has 74 valence electrons. The number of ether oxygens (including phenoxy) is 1. The van der Waals surface area contributed by atoms with Gasteiger partial charge in [-0.2, -0.15) is 0 Å². The van der Waals surface area contributed by atoms with Crippen molar-refractivity contribution in [2.45, 2.75) is 0 Å². The van der Waals surface area contributed by atoms with Gasteiger partial charge in [-0.1, -0.05) is 29.8 Å². The highest BCUT2D eigenvalue weighted by molar-refractivity contribution is 6.43. The number of methoxy groups -OCH3 is 1. The van der Waals surface area contributed by atoms with E-state index in [4.69, 9.17) is 11.6 Å². The Balaban J connectivity index is 2.62. The topological polar surface area (TPSA) is 38.3 Å². The van der Waals surface area contributed by atoms with Gasteiger partial charge in [-0.15, -0.1) is 0 Å². The fourth-order valence-electron chi connectivity index (χ4n) is 0.869. The summed E-state index contributed by atoms with van der Waals surface area (Å²) >= 11 is 5.61. The van der Waals surface area contributed by atoms with Crippen LogP contribution in [0.25, 0.3) is 0 Å². The number of amides is 1. The number of hydrogen-bond acceptors (Lipinski definition) is 2. The molecule has 0 heterocycles. The normalized spacial score (nSPS) is 10.9. The Kier molecular flexibility index (Phi) is 4.01. The van der Waals surface area contributed by atoms with Crippen LogP contribution in [-0.2, 0) is 9.53 Å². The third kappa shape index (κ3) is 3.11. The second-order valence-electron chi connectivity index (χ2n) is 2.52. The van der Waals surface area contributed by atoms with Crippen LogP contribution < -0.4 is 5.32 Å². The van der Waals surface area contributed by atoms with Gasteiger partial charge in [0.1, 0.15) is 11.3 Å². The molecular weight excluding hydrogens is 202 g/mol. The van der Waals surface area contributed by atoms with E-state index in [1.54, 1.807) is 12.1 Å². The maximum absolute atomic E-state index is 11.3. The maximum Gasteiger partial charge on any atom is 0.270 e. The Morgan fingerprint density at radius 2 is 2.07 bits per heavy atom. The summed E-state index contributed by atoms with van der Waals surface area (Å²) in [5, 5.41) is 2.62. The summed E-state index contributed by atoms with van der Waals surface area (Å²) in [4.78, 5) is 11.3. The lowest BCUT2D eigenvalue weighted by Gasteiger charge is -2.02. The fourth-order valence-corrected chi connectivity index (χ4v) is 1.01. The van der Waals surface area contributed by atoms with Gasteiger partial charge in [0.25, 0.3) is 5.91 Å². The molecule has 14 heavy (non-hydrogen) atoms. The van der Waals surface area contributed by atoms with Crippen LogP contribution in [0.3, 0.4) is 0 Å². The van der Waals surface area contributed by atoms with Crippen molar-refractivity contribution in [2.75, 3.05) is 12.4 Å². The molecule has 0 aliphatic heterocycles. The lowest BCUT2D eigenvalue weighted by Crippen LogP contribution is -2.11. The third-order valence-electron chi connectivity index (χ3n) is 1.47. The van der Waals surface area contributed by atoms with Crippen LogP contribution in [0.5, 0.6) is 0 Å². The van der Waals surface area contributed by atoms with Crippen molar-refractivity contribution in [2.24, 2.45) is 0 Å². The van der Waals surface area contributed by atoms with E-state index in [2.05, 4.69) is 10.1 Å². The number of rotatable bonds is 3. The summed E-state index contributed by atoms with van der Waals surface area (Å²) < 4.78 is 4.61. The average Bonchev–Trinajstić information content (AvgIpc) is 2.19. The van der Waals surface area contributed by atoms with Crippen molar-refractivity contribution >= 4 is 23.2 Å². The maximum atomic E-state index is 11.3. The van der Waals surface area contributed by atoms with Gasteiger partial charge in [0.2, 0.25) is 0 Å². The highest BCUT2D eigenvalue weighted by Gasteiger charge is 2.06. The molecule has 0 aromatic heterocycles. The molecule has 0 fully saturated rings. The smallest absolute Gasteiger partial charge is 0.270 e. The van der Waals surface area contributed by atoms with E-state index in [0.717, 1.165) is 0 Å². The molecule has 0 radical (unpaired) electrons. The monoisotopic (exact) mass is 211 g/mol. The SMILES string of the molecule is CO/C=C(\Cl)C(=O)Nc1ccccc1. The zero-order chi connectivity index (χ0) is 10.4. The first-order valence-electron chi connectivity index (χ1n) is 3.99. The summed E-state index contributed by atoms with van der Waals surface area (Å²) in [6, 6.07) is 9.05. The standard InChI is InChI=1S/C10H10ClNO2/c1-14-7-9(11)10(13)12-8-5-3-2-4-6-8/h2-7H,1H3,(H,12,13)/b9-7-. The van der Waals surface area contributed by atoms with Gasteiger partial charge in [0, 0.05) is 5.69 Å². The third-order valence-corrected chi connectivity index (χ3v) is 1.73. The van der Waals surface area contributed by atoms with Gasteiger partial charge in [0.15, 0.2) is 0 Å². The van der Waals surface area contributed by atoms with Crippen LogP contribution in [0, 0.1) is 0 Å². The zero-order valence-electron chi connectivity index (χ0n) is 7.66. The minimum absolute atomic E-state index is 0.0105. The largest absolute Gasteiger partial charge is 0.503 e. The summed E-state index contributed by atoms with van der Waals surface area (Å²) in [6.45, 7) is 0. The predicted molar refractivity (Wildman–Crippen MR) is 56.0 cm³/mol. The van der Waals surface area contributed by atoms with Gasteiger partial charge in [-0.25, -0.2) is 0 Å². The van der Waals surface area contributed by atoms with Crippen molar-refractivity contribution in [1.82, 2.24) is 0 Å². The number of nitrogens with one attached hydrogen (secondary N) is 1. The second kappa shape index (κ2) is 5.29. The van der Waals surface area contributed by atoms with Gasteiger partial charge in [-0.3, -0.25) is 4.79 Å². The Hall–Kier alpha value is -1.48. The molecule has 1 aromatic carbocycles. The summed E-state index contributed by atoms with van der Waals surface area (Å²) in [7, 11) is 1.43. The summed E-state index contributed by atoms with van der Waals surface area (Å²) in [5.41, 5.74) is 0.695. The predicted octanol–water partition coefficient (Wildman–Crippen LogP) is 2.35. The molecule has 4 heteroatoms. The van der Waals surface area contributed by atoms with Crippen LogP contribution in [0.4, 0.5) is 5.69 Å². The summed E-state index contributed by atoms with van der Waals surface area (Å²) in [5.74, 6) is -0.389. The number of hydrogen-bond donors (Lipinski definition) is 1. The Morgan fingerprint density at radius 1 is 1.43 bits per heavy atom. The molecule has 1 N–H and O–H groups in total. The van der Waals surface area contributed by atoms with E-state index < -0.39 is 0 Å². The molecule has 0 saturated carbocycles. The minimum atomic E-state index is -0.389. The van der Waals surface area contributed by atoms with Crippen molar-refractivity contribution in [3.05, 3.63) is 41.6 Å². The van der Waals surface area contributed by atoms with E-state index in [-0.39, 0.29) is 10.9 Å². The first-order valence-corrected chi connectivity index (χ1v) is 4.36. The van der Waals surface area contributed by atoms with Crippen LogP contribution in [0.2, 0.25) is 0 Å². The average molecular weight is 212 g/mol. The quantitative estimate of drug-likeness (QED) is 0.616. The van der Waals surface area contributed by atoms with Crippen LogP contribution in [0.15, 0.2) is 41.6 Å². The Morgan fingerprint density at radius 3 is 2.64 bits per heavy atom. The Bertz CT molecular complexity index is 335. The van der Waals surface area contributed by atoms with Crippen molar-refractivity contribution < 1.29 is 9.53 Å². The lowest BCUT2D eigenvalue weighted by atomic mass is 10.3. The molecule has 1 aromatic rings. The molecule has 0 spiro atoms. The Labute approximate surface area is 87.3 Å². The van der Waals surface area contributed by atoms with E-state index in [1.165, 1.54) is 13.4 Å². The van der Waals surface area contributed by atoms with E-state index in [0.29, 0.717) is 5.69 Å². The number of carbonyl (C=O) groups excluding carboxylic acids is 1. The number of carbonyl (C=O) groups is 1. The molecule has 0 saturated heterocycles. The van der Waals surface area contributed by atoms with Gasteiger partial charge in [-0.05, 0) is 12.1 Å². The molecule has 0 atom stereocenters. The van der Waals surface area contributed by atoms with Crippen LogP contribution in [0.1, 0.15) is 0 Å². The van der Waals surface area contributed by atoms with Crippen molar-refractivity contribution in [1.29, 1.82) is 0 Å². The molecular formula is C10H10ClNO2. The van der Waals surface area contributed by atoms with Crippen molar-refractivity contribution in [3.8, 4) is 0 Å². The molecule has 0 aliphatic rings. The zero-order valence-corrected chi connectivity index (χ0v) is 8.41. The van der Waals surface area contributed by atoms with Crippen LogP contribution >= 0.6 is 11.6 Å². The van der Waals surface area contributed by atoms with E-state index in [1.807, 2.05) is 18.2 Å². The first-order chi connectivity index (χ1) is 6.74. The highest BCUT2D eigenvalue weighted by atomic mass is 35.5. The molecule has 0 bridgehead atoms. The fraction of sp³-hybridized carbons (Fsp3) is 0.100. The highest BCUT2D eigenvalue weighted by Crippen LogP contribution is 2.09. The number of para-hydroxylation sites is 1. The molecule has 0 aliphatic carbocycles. The van der Waals surface area contributed by atoms with Gasteiger partial charge >= 0.3 is 0 Å². The number of anilines is 1.